The maximum atomic E-state index is 13.0. The van der Waals surface area contributed by atoms with Gasteiger partial charge in [-0.2, -0.15) is 0 Å². The molecule has 0 spiro atoms. The number of alkyl halides is 1. The van der Waals surface area contributed by atoms with Crippen molar-refractivity contribution >= 4 is 27.9 Å². The zero-order valence-corrected chi connectivity index (χ0v) is 17.4. The summed E-state index contributed by atoms with van der Waals surface area (Å²) < 4.78 is 10.7. The Hall–Kier alpha value is -1.40. The molecule has 1 aliphatic heterocycles. The summed E-state index contributed by atoms with van der Waals surface area (Å²) >= 11 is 3.44. The van der Waals surface area contributed by atoms with Crippen LogP contribution in [0.3, 0.4) is 0 Å². The Balaban J connectivity index is 2.40. The molecule has 1 saturated heterocycles. The molecule has 0 saturated carbocycles. The van der Waals surface area contributed by atoms with Gasteiger partial charge in [-0.25, -0.2) is 0 Å². The lowest BCUT2D eigenvalue weighted by atomic mass is 9.81. The quantitative estimate of drug-likeness (QED) is 0.556. The van der Waals surface area contributed by atoms with Crippen molar-refractivity contribution in [3.05, 3.63) is 35.9 Å². The average molecular weight is 426 g/mol. The standard InChI is InChI=1S/C20H28BrNO4/c1-20(2,3)26-18(23)15-14(11-8-12-21)17(19(24)25-4)22-16(15)13-9-6-5-7-10-13/h5-7,9-10,14-17,22H,8,11-12H2,1-4H3/t14-,15-,16-,17-/m1/s1. The molecular weight excluding hydrogens is 398 g/mol. The molecule has 6 heteroatoms. The molecule has 0 bridgehead atoms. The number of methoxy groups -OCH3 is 1. The fourth-order valence-corrected chi connectivity index (χ4v) is 3.87. The summed E-state index contributed by atoms with van der Waals surface area (Å²) in [6.45, 7) is 5.57. The molecule has 1 aliphatic rings. The van der Waals surface area contributed by atoms with Crippen LogP contribution in [0.25, 0.3) is 0 Å². The van der Waals surface area contributed by atoms with E-state index in [2.05, 4.69) is 21.2 Å². The average Bonchev–Trinajstić information content (AvgIpc) is 2.98. The van der Waals surface area contributed by atoms with Crippen molar-refractivity contribution in [3.63, 3.8) is 0 Å². The second-order valence-corrected chi connectivity index (χ2v) is 8.40. The van der Waals surface area contributed by atoms with Gasteiger partial charge in [0.25, 0.3) is 0 Å². The Bertz CT molecular complexity index is 614. The predicted octanol–water partition coefficient (Wildman–Crippen LogP) is 3.62. The van der Waals surface area contributed by atoms with Gasteiger partial charge in [-0.15, -0.1) is 0 Å². The van der Waals surface area contributed by atoms with Crippen LogP contribution in [0, 0.1) is 11.8 Å². The van der Waals surface area contributed by atoms with Crippen LogP contribution in [-0.4, -0.2) is 36.0 Å². The number of carbonyl (C=O) groups is 2. The minimum absolute atomic E-state index is 0.181. The Morgan fingerprint density at radius 3 is 2.35 bits per heavy atom. The summed E-state index contributed by atoms with van der Waals surface area (Å²) in [7, 11) is 1.38. The van der Waals surface area contributed by atoms with Gasteiger partial charge in [0.1, 0.15) is 11.6 Å². The first-order valence-corrected chi connectivity index (χ1v) is 10.1. The minimum Gasteiger partial charge on any atom is -0.468 e. The lowest BCUT2D eigenvalue weighted by Gasteiger charge is -2.28. The van der Waals surface area contributed by atoms with Crippen LogP contribution < -0.4 is 5.32 Å². The number of benzene rings is 1. The van der Waals surface area contributed by atoms with Crippen molar-refractivity contribution < 1.29 is 19.1 Å². The van der Waals surface area contributed by atoms with Crippen molar-refractivity contribution in [2.75, 3.05) is 12.4 Å². The van der Waals surface area contributed by atoms with E-state index in [4.69, 9.17) is 9.47 Å². The molecule has 0 amide bonds. The Kier molecular flexibility index (Phi) is 7.24. The molecule has 1 heterocycles. The minimum atomic E-state index is -0.582. The number of hydrogen-bond acceptors (Lipinski definition) is 5. The Morgan fingerprint density at radius 2 is 1.81 bits per heavy atom. The van der Waals surface area contributed by atoms with Gasteiger partial charge in [0.15, 0.2) is 0 Å². The zero-order valence-electron chi connectivity index (χ0n) is 15.8. The van der Waals surface area contributed by atoms with Crippen LogP contribution in [-0.2, 0) is 19.1 Å². The normalized spacial score (nSPS) is 25.7. The molecule has 1 fully saturated rings. The molecule has 0 unspecified atom stereocenters. The maximum absolute atomic E-state index is 13.0. The van der Waals surface area contributed by atoms with Crippen LogP contribution in [0.1, 0.15) is 45.2 Å². The second-order valence-electron chi connectivity index (χ2n) is 7.61. The van der Waals surface area contributed by atoms with E-state index >= 15 is 0 Å². The van der Waals surface area contributed by atoms with E-state index in [1.165, 1.54) is 7.11 Å². The van der Waals surface area contributed by atoms with E-state index in [1.54, 1.807) is 0 Å². The Labute approximate surface area is 164 Å². The van der Waals surface area contributed by atoms with Crippen LogP contribution >= 0.6 is 15.9 Å². The van der Waals surface area contributed by atoms with E-state index < -0.39 is 17.6 Å². The van der Waals surface area contributed by atoms with Crippen LogP contribution in [0.15, 0.2) is 30.3 Å². The summed E-state index contributed by atoms with van der Waals surface area (Å²) in [5.74, 6) is -1.23. The van der Waals surface area contributed by atoms with Crippen molar-refractivity contribution in [2.24, 2.45) is 11.8 Å². The molecule has 4 atom stereocenters. The highest BCUT2D eigenvalue weighted by atomic mass is 79.9. The molecule has 0 aliphatic carbocycles. The predicted molar refractivity (Wildman–Crippen MR) is 104 cm³/mol. The van der Waals surface area contributed by atoms with Crippen LogP contribution in [0.5, 0.6) is 0 Å². The summed E-state index contributed by atoms with van der Waals surface area (Å²) in [4.78, 5) is 25.4. The van der Waals surface area contributed by atoms with E-state index in [1.807, 2.05) is 51.1 Å². The first-order valence-electron chi connectivity index (χ1n) is 8.96. The van der Waals surface area contributed by atoms with Gasteiger partial charge >= 0.3 is 11.9 Å². The summed E-state index contributed by atoms with van der Waals surface area (Å²) in [6.07, 6.45) is 1.59. The van der Waals surface area contributed by atoms with Crippen LogP contribution in [0.4, 0.5) is 0 Å². The molecule has 2 rings (SSSR count). The van der Waals surface area contributed by atoms with Gasteiger partial charge in [-0.1, -0.05) is 46.3 Å². The fourth-order valence-electron chi connectivity index (χ4n) is 3.55. The first kappa shape index (κ1) is 20.9. The van der Waals surface area contributed by atoms with Gasteiger partial charge < -0.3 is 9.47 Å². The molecule has 0 aromatic heterocycles. The third-order valence-corrected chi connectivity index (χ3v) is 5.13. The second kappa shape index (κ2) is 9.00. The molecule has 26 heavy (non-hydrogen) atoms. The van der Waals surface area contributed by atoms with Crippen molar-refractivity contribution in [2.45, 2.75) is 51.3 Å². The monoisotopic (exact) mass is 425 g/mol. The van der Waals surface area contributed by atoms with E-state index in [9.17, 15) is 9.59 Å². The highest BCUT2D eigenvalue weighted by Crippen LogP contribution is 2.41. The van der Waals surface area contributed by atoms with Crippen molar-refractivity contribution in [1.29, 1.82) is 0 Å². The van der Waals surface area contributed by atoms with Crippen LogP contribution in [0.2, 0.25) is 0 Å². The van der Waals surface area contributed by atoms with Crippen molar-refractivity contribution in [3.8, 4) is 0 Å². The molecule has 5 nitrogen and oxygen atoms in total. The summed E-state index contributed by atoms with van der Waals surface area (Å²) in [6, 6.07) is 8.93. The number of ether oxygens (including phenoxy) is 2. The highest BCUT2D eigenvalue weighted by Gasteiger charge is 2.51. The van der Waals surface area contributed by atoms with E-state index in [-0.39, 0.29) is 23.9 Å². The molecule has 1 aromatic rings. The Morgan fingerprint density at radius 1 is 1.15 bits per heavy atom. The molecule has 0 radical (unpaired) electrons. The van der Waals surface area contributed by atoms with Gasteiger partial charge in [0, 0.05) is 17.3 Å². The van der Waals surface area contributed by atoms with Gasteiger partial charge in [0.2, 0.25) is 0 Å². The zero-order chi connectivity index (χ0) is 19.3. The first-order chi connectivity index (χ1) is 12.3. The molecule has 1 N–H and O–H groups in total. The molecular formula is C20H28BrNO4. The number of rotatable bonds is 6. The van der Waals surface area contributed by atoms with E-state index in [0.29, 0.717) is 0 Å². The third-order valence-electron chi connectivity index (χ3n) is 4.57. The number of carbonyl (C=O) groups excluding carboxylic acids is 2. The smallest absolute Gasteiger partial charge is 0.323 e. The number of hydrogen-bond donors (Lipinski definition) is 1. The number of halogens is 1. The number of esters is 2. The highest BCUT2D eigenvalue weighted by molar-refractivity contribution is 9.09. The summed E-state index contributed by atoms with van der Waals surface area (Å²) in [5, 5.41) is 4.16. The largest absolute Gasteiger partial charge is 0.468 e. The molecule has 144 valence electrons. The fraction of sp³-hybridized carbons (Fsp3) is 0.600. The lowest BCUT2D eigenvalue weighted by molar-refractivity contribution is -0.162. The topological polar surface area (TPSA) is 64.6 Å². The van der Waals surface area contributed by atoms with Crippen molar-refractivity contribution in [1.82, 2.24) is 5.32 Å². The summed E-state index contributed by atoms with van der Waals surface area (Å²) in [5.41, 5.74) is 0.389. The van der Waals surface area contributed by atoms with Gasteiger partial charge in [0.05, 0.1) is 13.0 Å². The van der Waals surface area contributed by atoms with E-state index in [0.717, 1.165) is 23.7 Å². The van der Waals surface area contributed by atoms with Gasteiger partial charge in [-0.05, 0) is 39.2 Å². The third kappa shape index (κ3) is 5.07. The van der Waals surface area contributed by atoms with Gasteiger partial charge in [-0.3, -0.25) is 14.9 Å². The lowest BCUT2D eigenvalue weighted by Crippen LogP contribution is -2.38. The maximum Gasteiger partial charge on any atom is 0.323 e. The SMILES string of the molecule is COC(=O)[C@@H]1N[C@H](c2ccccc2)[C@H](C(=O)OC(C)(C)C)[C@H]1CCCBr. The molecule has 1 aromatic carbocycles. The number of nitrogens with one attached hydrogen (secondary N) is 1.